The summed E-state index contributed by atoms with van der Waals surface area (Å²) in [6.07, 6.45) is 0. The zero-order chi connectivity index (χ0) is 18.2. The van der Waals surface area contributed by atoms with Gasteiger partial charge >= 0.3 is 0 Å². The first kappa shape index (κ1) is 19.0. The van der Waals surface area contributed by atoms with Gasteiger partial charge in [-0.1, -0.05) is 12.1 Å². The average Bonchev–Trinajstić information content (AvgIpc) is 2.62. The molecular formula is C19H26N3O2S+. The van der Waals surface area contributed by atoms with E-state index in [1.165, 1.54) is 4.90 Å². The van der Waals surface area contributed by atoms with E-state index in [1.54, 1.807) is 14.2 Å². The molecule has 0 saturated carbocycles. The number of methoxy groups -OCH3 is 2. The molecule has 0 unspecified atom stereocenters. The van der Waals surface area contributed by atoms with Crippen molar-refractivity contribution in [1.82, 2.24) is 5.32 Å². The molecule has 134 valence electrons. The molecule has 0 aliphatic rings. The van der Waals surface area contributed by atoms with Crippen molar-refractivity contribution in [3.05, 3.63) is 54.1 Å². The molecule has 1 atom stereocenters. The summed E-state index contributed by atoms with van der Waals surface area (Å²) in [5, 5.41) is 7.08. The summed E-state index contributed by atoms with van der Waals surface area (Å²) in [5.41, 5.74) is 2.08. The largest absolute Gasteiger partial charge is 0.497 e. The van der Waals surface area contributed by atoms with Gasteiger partial charge < -0.3 is 25.0 Å². The zero-order valence-electron chi connectivity index (χ0n) is 15.1. The Morgan fingerprint density at radius 1 is 1.04 bits per heavy atom. The molecule has 2 aromatic carbocycles. The molecule has 2 aromatic rings. The number of rotatable bonds is 7. The summed E-state index contributed by atoms with van der Waals surface area (Å²) in [7, 11) is 7.60. The Kier molecular flexibility index (Phi) is 7.03. The summed E-state index contributed by atoms with van der Waals surface area (Å²) in [6.45, 7) is 0.699. The summed E-state index contributed by atoms with van der Waals surface area (Å²) < 4.78 is 10.7. The molecule has 5 nitrogen and oxygen atoms in total. The van der Waals surface area contributed by atoms with E-state index >= 15 is 0 Å². The smallest absolute Gasteiger partial charge is 0.171 e. The Labute approximate surface area is 154 Å². The number of quaternary nitrogens is 1. The van der Waals surface area contributed by atoms with Crippen LogP contribution >= 0.6 is 12.2 Å². The molecule has 3 N–H and O–H groups in total. The van der Waals surface area contributed by atoms with Crippen molar-refractivity contribution in [2.24, 2.45) is 0 Å². The zero-order valence-corrected chi connectivity index (χ0v) is 15.9. The molecule has 0 aliphatic heterocycles. The lowest BCUT2D eigenvalue weighted by Crippen LogP contribution is -3.07. The minimum atomic E-state index is 0.215. The summed E-state index contributed by atoms with van der Waals surface area (Å²) >= 11 is 5.42. The van der Waals surface area contributed by atoms with Crippen molar-refractivity contribution in [2.75, 3.05) is 40.2 Å². The van der Waals surface area contributed by atoms with Crippen LogP contribution in [0.15, 0.2) is 48.5 Å². The predicted octanol–water partition coefficient (Wildman–Crippen LogP) is 1.88. The average molecular weight is 361 g/mol. The van der Waals surface area contributed by atoms with Crippen LogP contribution in [0.3, 0.4) is 0 Å². The number of para-hydroxylation sites is 1. The second kappa shape index (κ2) is 9.25. The van der Waals surface area contributed by atoms with E-state index in [2.05, 4.69) is 30.8 Å². The number of thiocarbonyl (C=S) groups is 1. The predicted molar refractivity (Wildman–Crippen MR) is 106 cm³/mol. The van der Waals surface area contributed by atoms with Gasteiger partial charge in [0.25, 0.3) is 0 Å². The molecule has 0 saturated heterocycles. The van der Waals surface area contributed by atoms with Gasteiger partial charge in [-0.3, -0.25) is 0 Å². The standard InChI is InChI=1S/C19H25N3O2S/c1-22(2)17(16-7-5-6-8-18(16)24-4)13-20-19(25)21-14-9-11-15(23-3)12-10-14/h5-12,17H,13H2,1-4H3,(H2,20,21,25)/p+1/t17-/m1/s1. The maximum absolute atomic E-state index is 5.50. The molecule has 0 aliphatic carbocycles. The van der Waals surface area contributed by atoms with Crippen molar-refractivity contribution in [2.45, 2.75) is 6.04 Å². The second-order valence-corrected chi connectivity index (χ2v) is 6.34. The van der Waals surface area contributed by atoms with Crippen LogP contribution in [0.25, 0.3) is 0 Å². The highest BCUT2D eigenvalue weighted by molar-refractivity contribution is 7.80. The molecule has 0 spiro atoms. The SMILES string of the molecule is COc1ccc(NC(=S)NC[C@H](c2ccccc2OC)[NH+](C)C)cc1. The third kappa shape index (κ3) is 5.34. The number of anilines is 1. The maximum atomic E-state index is 5.50. The first-order chi connectivity index (χ1) is 12.0. The Bertz CT molecular complexity index is 689. The highest BCUT2D eigenvalue weighted by atomic mass is 32.1. The van der Waals surface area contributed by atoms with Crippen LogP contribution in [0, 0.1) is 0 Å². The Balaban J connectivity index is 1.99. The Hall–Kier alpha value is -2.31. The Morgan fingerprint density at radius 2 is 1.72 bits per heavy atom. The lowest BCUT2D eigenvalue weighted by atomic mass is 10.0. The number of ether oxygens (including phenoxy) is 2. The topological polar surface area (TPSA) is 47.0 Å². The van der Waals surface area contributed by atoms with Crippen LogP contribution in [-0.2, 0) is 0 Å². The molecule has 0 heterocycles. The first-order valence-electron chi connectivity index (χ1n) is 8.17. The van der Waals surface area contributed by atoms with Crippen molar-refractivity contribution < 1.29 is 14.4 Å². The number of hydrogen-bond acceptors (Lipinski definition) is 3. The molecule has 0 aromatic heterocycles. The van der Waals surface area contributed by atoms with Crippen molar-refractivity contribution >= 4 is 23.0 Å². The van der Waals surface area contributed by atoms with Crippen LogP contribution in [0.1, 0.15) is 11.6 Å². The van der Waals surface area contributed by atoms with Gasteiger partial charge in [0, 0.05) is 5.69 Å². The molecule has 0 fully saturated rings. The minimum absolute atomic E-state index is 0.215. The molecule has 25 heavy (non-hydrogen) atoms. The summed E-state index contributed by atoms with van der Waals surface area (Å²) in [4.78, 5) is 1.30. The van der Waals surface area contributed by atoms with Gasteiger partial charge in [-0.25, -0.2) is 0 Å². The van der Waals surface area contributed by atoms with Gasteiger partial charge in [-0.15, -0.1) is 0 Å². The van der Waals surface area contributed by atoms with E-state index in [0.717, 1.165) is 22.7 Å². The maximum Gasteiger partial charge on any atom is 0.171 e. The van der Waals surface area contributed by atoms with Crippen LogP contribution in [0.5, 0.6) is 11.5 Å². The quantitative estimate of drug-likeness (QED) is 0.658. The third-order valence-electron chi connectivity index (χ3n) is 4.03. The first-order valence-corrected chi connectivity index (χ1v) is 8.57. The number of hydrogen-bond donors (Lipinski definition) is 3. The lowest BCUT2D eigenvalue weighted by Gasteiger charge is -2.24. The van der Waals surface area contributed by atoms with Crippen LogP contribution in [-0.4, -0.2) is 40.0 Å². The fourth-order valence-electron chi connectivity index (χ4n) is 2.62. The Morgan fingerprint density at radius 3 is 2.32 bits per heavy atom. The highest BCUT2D eigenvalue weighted by Crippen LogP contribution is 2.22. The lowest BCUT2D eigenvalue weighted by molar-refractivity contribution is -0.890. The van der Waals surface area contributed by atoms with Crippen molar-refractivity contribution in [3.8, 4) is 11.5 Å². The van der Waals surface area contributed by atoms with E-state index in [1.807, 2.05) is 42.5 Å². The van der Waals surface area contributed by atoms with Crippen molar-refractivity contribution in [3.63, 3.8) is 0 Å². The summed E-state index contributed by atoms with van der Waals surface area (Å²) in [6, 6.07) is 16.0. The van der Waals surface area contributed by atoms with Gasteiger partial charge in [-0.05, 0) is 48.6 Å². The van der Waals surface area contributed by atoms with Gasteiger partial charge in [0.1, 0.15) is 17.5 Å². The van der Waals surface area contributed by atoms with Gasteiger partial charge in [0.15, 0.2) is 5.11 Å². The van der Waals surface area contributed by atoms with E-state index < -0.39 is 0 Å². The molecule has 0 bridgehead atoms. The van der Waals surface area contributed by atoms with E-state index in [0.29, 0.717) is 11.7 Å². The molecule has 0 radical (unpaired) electrons. The number of nitrogens with one attached hydrogen (secondary N) is 3. The molecule has 0 amide bonds. The summed E-state index contributed by atoms with van der Waals surface area (Å²) in [5.74, 6) is 1.71. The highest BCUT2D eigenvalue weighted by Gasteiger charge is 2.21. The fourth-order valence-corrected chi connectivity index (χ4v) is 2.82. The van der Waals surface area contributed by atoms with Gasteiger partial charge in [-0.2, -0.15) is 0 Å². The fraction of sp³-hybridized carbons (Fsp3) is 0.316. The number of likely N-dealkylation sites (N-methyl/N-ethyl adjacent to an activating group) is 1. The van der Waals surface area contributed by atoms with E-state index in [4.69, 9.17) is 21.7 Å². The van der Waals surface area contributed by atoms with Crippen LogP contribution < -0.4 is 25.0 Å². The normalized spacial score (nSPS) is 11.7. The van der Waals surface area contributed by atoms with Crippen LogP contribution in [0.2, 0.25) is 0 Å². The van der Waals surface area contributed by atoms with Gasteiger partial charge in [0.2, 0.25) is 0 Å². The monoisotopic (exact) mass is 360 g/mol. The van der Waals surface area contributed by atoms with E-state index in [9.17, 15) is 0 Å². The molecule has 6 heteroatoms. The van der Waals surface area contributed by atoms with Crippen LogP contribution in [0.4, 0.5) is 5.69 Å². The van der Waals surface area contributed by atoms with E-state index in [-0.39, 0.29) is 6.04 Å². The minimum Gasteiger partial charge on any atom is -0.497 e. The molecule has 2 rings (SSSR count). The second-order valence-electron chi connectivity index (χ2n) is 5.94. The van der Waals surface area contributed by atoms with Gasteiger partial charge in [0.05, 0.1) is 40.4 Å². The third-order valence-corrected chi connectivity index (χ3v) is 4.27. The molecular weight excluding hydrogens is 334 g/mol. The van der Waals surface area contributed by atoms with Crippen molar-refractivity contribution in [1.29, 1.82) is 0 Å². The number of benzene rings is 2.